The van der Waals surface area contributed by atoms with E-state index in [-0.39, 0.29) is 42.1 Å². The van der Waals surface area contributed by atoms with E-state index in [4.69, 9.17) is 0 Å². The lowest BCUT2D eigenvalue weighted by Crippen LogP contribution is -2.41. The van der Waals surface area contributed by atoms with Crippen LogP contribution in [-0.2, 0) is 22.5 Å². The molecule has 2 unspecified atom stereocenters. The predicted molar refractivity (Wildman–Crippen MR) is 114 cm³/mol. The van der Waals surface area contributed by atoms with E-state index in [0.717, 1.165) is 17.8 Å². The second-order valence-electron chi connectivity index (χ2n) is 8.47. The van der Waals surface area contributed by atoms with E-state index in [1.807, 2.05) is 12.1 Å². The van der Waals surface area contributed by atoms with Gasteiger partial charge in [-0.15, -0.1) is 0 Å². The summed E-state index contributed by atoms with van der Waals surface area (Å²) in [4.78, 5) is 21.0. The molecule has 2 fully saturated rings. The van der Waals surface area contributed by atoms with Gasteiger partial charge in [-0.2, -0.15) is 4.31 Å². The van der Waals surface area contributed by atoms with Crippen LogP contribution in [0.1, 0.15) is 16.1 Å². The first-order valence-corrected chi connectivity index (χ1v) is 11.8. The van der Waals surface area contributed by atoms with Crippen molar-refractivity contribution in [3.8, 4) is 0 Å². The summed E-state index contributed by atoms with van der Waals surface area (Å²) in [5.74, 6) is -2.50. The van der Waals surface area contributed by atoms with Crippen molar-refractivity contribution in [3.63, 3.8) is 0 Å². The summed E-state index contributed by atoms with van der Waals surface area (Å²) in [6.07, 6.45) is 4.55. The Balaban J connectivity index is 1.37. The van der Waals surface area contributed by atoms with Gasteiger partial charge in [0.05, 0.1) is 11.9 Å². The Morgan fingerprint density at radius 1 is 1.18 bits per heavy atom. The Hall–Kier alpha value is -3.18. The van der Waals surface area contributed by atoms with E-state index in [1.165, 1.54) is 16.8 Å². The van der Waals surface area contributed by atoms with E-state index in [9.17, 15) is 22.0 Å². The normalized spacial score (nSPS) is 24.5. The van der Waals surface area contributed by atoms with Crippen LogP contribution in [-0.4, -0.2) is 52.8 Å². The molecule has 0 radical (unpaired) electrons. The number of nitrogens with one attached hydrogen (secondary N) is 1. The Morgan fingerprint density at radius 2 is 1.94 bits per heavy atom. The number of fused-ring (bicyclic) bond motifs is 1. The number of amides is 1. The van der Waals surface area contributed by atoms with Crippen LogP contribution >= 0.6 is 0 Å². The second kappa shape index (κ2) is 7.70. The highest BCUT2D eigenvalue weighted by atomic mass is 32.2. The zero-order valence-electron chi connectivity index (χ0n) is 17.6. The molecule has 1 amide bonds. The predicted octanol–water partition coefficient (Wildman–Crippen LogP) is 1.71. The average Bonchev–Trinajstić information content (AvgIpc) is 3.14. The lowest BCUT2D eigenvalue weighted by atomic mass is 9.94. The molecule has 172 valence electrons. The second-order valence-corrected chi connectivity index (χ2v) is 10.4. The molecule has 33 heavy (non-hydrogen) atoms. The van der Waals surface area contributed by atoms with Gasteiger partial charge in [-0.05, 0) is 36.1 Å². The number of hydrogen-bond acceptors (Lipinski definition) is 5. The van der Waals surface area contributed by atoms with Crippen LogP contribution in [0.5, 0.6) is 0 Å². The molecule has 1 saturated carbocycles. The molecule has 2 atom stereocenters. The minimum atomic E-state index is -3.73. The number of carbonyl (C=O) groups excluding carboxylic acids is 1. The monoisotopic (exact) mass is 473 g/mol. The van der Waals surface area contributed by atoms with Gasteiger partial charge in [0.2, 0.25) is 0 Å². The van der Waals surface area contributed by atoms with Crippen molar-refractivity contribution in [2.75, 3.05) is 19.6 Å². The molecule has 11 heteroatoms. The maximum Gasteiger partial charge on any atom is 0.262 e. The van der Waals surface area contributed by atoms with E-state index in [1.54, 1.807) is 23.9 Å². The molecule has 2 aromatic heterocycles. The average molecular weight is 474 g/mol. The van der Waals surface area contributed by atoms with E-state index in [2.05, 4.69) is 15.3 Å². The van der Waals surface area contributed by atoms with Crippen molar-refractivity contribution in [3.05, 3.63) is 78.0 Å². The van der Waals surface area contributed by atoms with Gasteiger partial charge in [0.15, 0.2) is 5.03 Å². The molecule has 1 aliphatic heterocycles. The van der Waals surface area contributed by atoms with Gasteiger partial charge in [0, 0.05) is 56.3 Å². The van der Waals surface area contributed by atoms with Gasteiger partial charge >= 0.3 is 0 Å². The van der Waals surface area contributed by atoms with Gasteiger partial charge in [0.1, 0.15) is 11.6 Å². The van der Waals surface area contributed by atoms with E-state index >= 15 is 0 Å². The summed E-state index contributed by atoms with van der Waals surface area (Å²) in [5.41, 5.74) is -0.0729. The number of nitrogens with zero attached hydrogens (tertiary/aromatic N) is 4. The molecule has 2 aliphatic rings. The Labute approximate surface area is 189 Å². The lowest BCUT2D eigenvalue weighted by molar-refractivity contribution is 0.0942. The third kappa shape index (κ3) is 3.51. The highest BCUT2D eigenvalue weighted by Crippen LogP contribution is 2.63. The molecule has 1 aromatic carbocycles. The minimum Gasteiger partial charge on any atom is -0.351 e. The van der Waals surface area contributed by atoms with Gasteiger partial charge in [-0.1, -0.05) is 6.07 Å². The molecular formula is C22H21F2N5O3S. The van der Waals surface area contributed by atoms with Crippen LogP contribution in [0.2, 0.25) is 0 Å². The maximum atomic E-state index is 14.0. The molecule has 5 rings (SSSR count). The number of pyridine rings is 1. The molecular weight excluding hydrogens is 452 g/mol. The maximum absolute atomic E-state index is 14.0. The minimum absolute atomic E-state index is 0.00479. The standard InChI is InChI=1S/C22H21F2N5O3S/c1-28-11-20(27-13-28)33(31,32)29-9-16-17(10-29)22(16,19-4-2-3-7-25-19)12-26-21(30)15-6-5-14(23)8-18(15)24/h2-8,11,13,16-17H,9-10,12H2,1H3,(H,26,30). The zero-order chi connectivity index (χ0) is 23.4. The molecule has 3 heterocycles. The topological polar surface area (TPSA) is 97.2 Å². The lowest BCUT2D eigenvalue weighted by Gasteiger charge is -2.26. The van der Waals surface area contributed by atoms with Crippen molar-refractivity contribution < 1.29 is 22.0 Å². The Kier molecular flexibility index (Phi) is 5.05. The number of aromatic nitrogens is 3. The highest BCUT2D eigenvalue weighted by Gasteiger charge is 2.70. The quantitative estimate of drug-likeness (QED) is 0.588. The van der Waals surface area contributed by atoms with Crippen LogP contribution in [0.3, 0.4) is 0 Å². The van der Waals surface area contributed by atoms with Crippen LogP contribution < -0.4 is 5.32 Å². The van der Waals surface area contributed by atoms with Gasteiger partial charge in [-0.25, -0.2) is 22.2 Å². The molecule has 1 aliphatic carbocycles. The molecule has 0 spiro atoms. The first kappa shape index (κ1) is 21.7. The summed E-state index contributed by atoms with van der Waals surface area (Å²) in [6, 6.07) is 8.25. The number of rotatable bonds is 6. The highest BCUT2D eigenvalue weighted by molar-refractivity contribution is 7.89. The number of sulfonamides is 1. The summed E-state index contributed by atoms with van der Waals surface area (Å²) in [7, 11) is -2.03. The fourth-order valence-corrected chi connectivity index (χ4v) is 6.37. The first-order chi connectivity index (χ1) is 15.7. The van der Waals surface area contributed by atoms with Crippen LogP contribution in [0.25, 0.3) is 0 Å². The van der Waals surface area contributed by atoms with Gasteiger partial charge in [0.25, 0.3) is 15.9 Å². The number of piperidine rings is 1. The molecule has 1 N–H and O–H groups in total. The van der Waals surface area contributed by atoms with Crippen molar-refractivity contribution in [2.24, 2.45) is 18.9 Å². The molecule has 3 aromatic rings. The van der Waals surface area contributed by atoms with Crippen molar-refractivity contribution in [2.45, 2.75) is 10.4 Å². The number of hydrogen-bond donors (Lipinski definition) is 1. The summed E-state index contributed by atoms with van der Waals surface area (Å²) >= 11 is 0. The third-order valence-corrected chi connectivity index (χ3v) is 8.36. The molecule has 0 bridgehead atoms. The number of carbonyl (C=O) groups is 1. The summed E-state index contributed by atoms with van der Waals surface area (Å²) < 4.78 is 56.2. The van der Waals surface area contributed by atoms with E-state index < -0.39 is 33.0 Å². The number of halogens is 2. The molecule has 8 nitrogen and oxygen atoms in total. The third-order valence-electron chi connectivity index (χ3n) is 6.64. The Morgan fingerprint density at radius 3 is 2.55 bits per heavy atom. The van der Waals surface area contributed by atoms with Crippen LogP contribution in [0, 0.1) is 23.5 Å². The fraction of sp³-hybridized carbons (Fsp3) is 0.318. The van der Waals surface area contributed by atoms with Crippen molar-refractivity contribution >= 4 is 15.9 Å². The Bertz CT molecular complexity index is 1320. The number of imidazole rings is 1. The zero-order valence-corrected chi connectivity index (χ0v) is 18.5. The summed E-state index contributed by atoms with van der Waals surface area (Å²) in [6.45, 7) is 0.689. The van der Waals surface area contributed by atoms with Crippen LogP contribution in [0.4, 0.5) is 8.78 Å². The number of aryl methyl sites for hydroxylation is 1. The van der Waals surface area contributed by atoms with Gasteiger partial charge in [-0.3, -0.25) is 9.78 Å². The van der Waals surface area contributed by atoms with Crippen LogP contribution in [0.15, 0.2) is 60.1 Å². The van der Waals surface area contributed by atoms with Crippen molar-refractivity contribution in [1.29, 1.82) is 0 Å². The molecule has 1 saturated heterocycles. The number of benzene rings is 1. The SMILES string of the molecule is Cn1cnc(S(=O)(=O)N2CC3C(C2)C3(CNC(=O)c2ccc(F)cc2F)c2ccccn2)c1. The smallest absolute Gasteiger partial charge is 0.262 e. The van der Waals surface area contributed by atoms with E-state index in [0.29, 0.717) is 6.07 Å². The van der Waals surface area contributed by atoms with Gasteiger partial charge < -0.3 is 9.88 Å². The largest absolute Gasteiger partial charge is 0.351 e. The fourth-order valence-electron chi connectivity index (χ4n) is 4.91. The van der Waals surface area contributed by atoms with Crippen molar-refractivity contribution in [1.82, 2.24) is 24.2 Å². The summed E-state index contributed by atoms with van der Waals surface area (Å²) in [5, 5.41) is 2.75. The first-order valence-electron chi connectivity index (χ1n) is 10.4.